The van der Waals surface area contributed by atoms with Crippen LogP contribution in [0.1, 0.15) is 18.9 Å². The van der Waals surface area contributed by atoms with Gasteiger partial charge in [0.05, 0.1) is 11.3 Å². The van der Waals surface area contributed by atoms with Crippen molar-refractivity contribution in [1.29, 1.82) is 0 Å². The first-order valence-electron chi connectivity index (χ1n) is 8.99. The standard InChI is InChI=1S/C20H24N2O6S/c1-15-4-3-5-18(14-15)27-12-13-28-20(24)10-11-21-29(25,26)19-8-6-17(7-9-19)22-16(2)23/h3-9,14,21H,10-13H2,1-2H3,(H,22,23). The number of nitrogens with one attached hydrogen (secondary N) is 2. The molecule has 2 aromatic rings. The minimum Gasteiger partial charge on any atom is -0.490 e. The molecule has 156 valence electrons. The first-order valence-corrected chi connectivity index (χ1v) is 10.5. The van der Waals surface area contributed by atoms with E-state index in [-0.39, 0.29) is 37.0 Å². The molecule has 0 saturated heterocycles. The van der Waals surface area contributed by atoms with E-state index in [1.54, 1.807) is 0 Å². The largest absolute Gasteiger partial charge is 0.490 e. The highest BCUT2D eigenvalue weighted by atomic mass is 32.2. The normalized spacial score (nSPS) is 11.0. The van der Waals surface area contributed by atoms with Gasteiger partial charge in [0.15, 0.2) is 0 Å². The maximum Gasteiger partial charge on any atom is 0.307 e. The van der Waals surface area contributed by atoms with Gasteiger partial charge in [-0.05, 0) is 48.9 Å². The summed E-state index contributed by atoms with van der Waals surface area (Å²) in [4.78, 5) is 22.7. The number of carbonyl (C=O) groups excluding carboxylic acids is 2. The molecule has 0 aliphatic rings. The molecule has 0 bridgehead atoms. The highest BCUT2D eigenvalue weighted by molar-refractivity contribution is 7.89. The van der Waals surface area contributed by atoms with Crippen LogP contribution < -0.4 is 14.8 Å². The van der Waals surface area contributed by atoms with Crippen molar-refractivity contribution in [3.63, 3.8) is 0 Å². The summed E-state index contributed by atoms with van der Waals surface area (Å²) in [7, 11) is -3.76. The molecule has 0 unspecified atom stereocenters. The predicted molar refractivity (Wildman–Crippen MR) is 108 cm³/mol. The van der Waals surface area contributed by atoms with Crippen LogP contribution in [0.5, 0.6) is 5.75 Å². The Hall–Kier alpha value is -2.91. The number of hydrogen-bond acceptors (Lipinski definition) is 6. The molecule has 8 nitrogen and oxygen atoms in total. The molecule has 29 heavy (non-hydrogen) atoms. The number of anilines is 1. The van der Waals surface area contributed by atoms with Crippen molar-refractivity contribution in [2.24, 2.45) is 0 Å². The number of benzene rings is 2. The van der Waals surface area contributed by atoms with Crippen LogP contribution in [0.3, 0.4) is 0 Å². The Morgan fingerprint density at radius 1 is 1.03 bits per heavy atom. The van der Waals surface area contributed by atoms with Crippen LogP contribution in [0.15, 0.2) is 53.4 Å². The molecular weight excluding hydrogens is 396 g/mol. The van der Waals surface area contributed by atoms with Gasteiger partial charge in [-0.3, -0.25) is 9.59 Å². The summed E-state index contributed by atoms with van der Waals surface area (Å²) in [5.41, 5.74) is 1.56. The van der Waals surface area contributed by atoms with Gasteiger partial charge >= 0.3 is 5.97 Å². The number of esters is 1. The van der Waals surface area contributed by atoms with E-state index in [4.69, 9.17) is 9.47 Å². The van der Waals surface area contributed by atoms with Crippen LogP contribution in [0.25, 0.3) is 0 Å². The van der Waals surface area contributed by atoms with Crippen LogP contribution in [-0.2, 0) is 24.3 Å². The minimum atomic E-state index is -3.76. The maximum atomic E-state index is 12.2. The summed E-state index contributed by atoms with van der Waals surface area (Å²) < 4.78 is 37.3. The Bertz CT molecular complexity index is 942. The first kappa shape index (κ1) is 22.4. The molecule has 0 heterocycles. The van der Waals surface area contributed by atoms with Crippen LogP contribution in [0.4, 0.5) is 5.69 Å². The number of aryl methyl sites for hydroxylation is 1. The van der Waals surface area contributed by atoms with Crippen LogP contribution in [0.2, 0.25) is 0 Å². The predicted octanol–water partition coefficient (Wildman–Crippen LogP) is 2.24. The monoisotopic (exact) mass is 420 g/mol. The summed E-state index contributed by atoms with van der Waals surface area (Å²) in [5.74, 6) is -0.0820. The van der Waals surface area contributed by atoms with Gasteiger partial charge in [-0.15, -0.1) is 0 Å². The molecule has 0 aromatic heterocycles. The Balaban J connectivity index is 1.69. The first-order chi connectivity index (χ1) is 13.8. The van der Waals surface area contributed by atoms with Gasteiger partial charge in [0.1, 0.15) is 19.0 Å². The van der Waals surface area contributed by atoms with Crippen LogP contribution in [0, 0.1) is 6.92 Å². The Morgan fingerprint density at radius 3 is 2.41 bits per heavy atom. The molecule has 0 spiro atoms. The van der Waals surface area contributed by atoms with Crippen LogP contribution >= 0.6 is 0 Å². The van der Waals surface area contributed by atoms with E-state index in [2.05, 4.69) is 10.0 Å². The summed E-state index contributed by atoms with van der Waals surface area (Å²) in [6.07, 6.45) is -0.104. The smallest absolute Gasteiger partial charge is 0.307 e. The topological polar surface area (TPSA) is 111 Å². The van der Waals surface area contributed by atoms with Gasteiger partial charge < -0.3 is 14.8 Å². The second-order valence-electron chi connectivity index (χ2n) is 6.24. The van der Waals surface area contributed by atoms with Crippen molar-refractivity contribution < 1.29 is 27.5 Å². The molecule has 0 atom stereocenters. The average Bonchev–Trinajstić information content (AvgIpc) is 2.65. The van der Waals surface area contributed by atoms with Crippen molar-refractivity contribution in [3.05, 3.63) is 54.1 Å². The SMILES string of the molecule is CC(=O)Nc1ccc(S(=O)(=O)NCCC(=O)OCCOc2cccc(C)c2)cc1. The van der Waals surface area contributed by atoms with Crippen molar-refractivity contribution in [2.45, 2.75) is 25.2 Å². The summed E-state index contributed by atoms with van der Waals surface area (Å²) in [5, 5.41) is 2.55. The number of amides is 1. The van der Waals surface area contributed by atoms with Gasteiger partial charge in [0, 0.05) is 19.2 Å². The third kappa shape index (κ3) is 7.92. The van der Waals surface area contributed by atoms with Gasteiger partial charge in [0.25, 0.3) is 0 Å². The minimum absolute atomic E-state index is 0.0338. The molecule has 0 radical (unpaired) electrons. The summed E-state index contributed by atoms with van der Waals surface area (Å²) in [6, 6.07) is 13.2. The van der Waals surface area contributed by atoms with Gasteiger partial charge in [-0.25, -0.2) is 13.1 Å². The number of carbonyl (C=O) groups is 2. The fourth-order valence-electron chi connectivity index (χ4n) is 2.38. The third-order valence-corrected chi connectivity index (χ3v) is 5.19. The maximum absolute atomic E-state index is 12.2. The summed E-state index contributed by atoms with van der Waals surface area (Å²) in [6.45, 7) is 3.50. The van der Waals surface area contributed by atoms with E-state index in [0.29, 0.717) is 11.4 Å². The van der Waals surface area contributed by atoms with E-state index in [1.165, 1.54) is 31.2 Å². The highest BCUT2D eigenvalue weighted by Gasteiger charge is 2.14. The lowest BCUT2D eigenvalue weighted by Crippen LogP contribution is -2.27. The molecule has 0 saturated carbocycles. The molecule has 1 amide bonds. The highest BCUT2D eigenvalue weighted by Crippen LogP contribution is 2.14. The molecule has 0 fully saturated rings. The lowest BCUT2D eigenvalue weighted by Gasteiger charge is -2.09. The zero-order valence-electron chi connectivity index (χ0n) is 16.3. The molecular formula is C20H24N2O6S. The molecule has 2 N–H and O–H groups in total. The molecule has 2 aromatic carbocycles. The second-order valence-corrected chi connectivity index (χ2v) is 8.01. The second kappa shape index (κ2) is 10.6. The fourth-order valence-corrected chi connectivity index (χ4v) is 3.42. The zero-order chi connectivity index (χ0) is 21.3. The van der Waals surface area contributed by atoms with E-state index < -0.39 is 16.0 Å². The lowest BCUT2D eigenvalue weighted by molar-refractivity contribution is -0.144. The fraction of sp³-hybridized carbons (Fsp3) is 0.300. The Kier molecular flexibility index (Phi) is 8.17. The van der Waals surface area contributed by atoms with E-state index in [1.807, 2.05) is 31.2 Å². The number of sulfonamides is 1. The average molecular weight is 420 g/mol. The molecule has 9 heteroatoms. The molecule has 2 rings (SSSR count). The molecule has 0 aliphatic heterocycles. The van der Waals surface area contributed by atoms with Crippen molar-refractivity contribution in [2.75, 3.05) is 25.1 Å². The quantitative estimate of drug-likeness (QED) is 0.451. The third-order valence-electron chi connectivity index (χ3n) is 3.71. The van der Waals surface area contributed by atoms with Crippen molar-refractivity contribution in [3.8, 4) is 5.75 Å². The van der Waals surface area contributed by atoms with Gasteiger partial charge in [-0.1, -0.05) is 12.1 Å². The zero-order valence-corrected chi connectivity index (χ0v) is 17.1. The van der Waals surface area contributed by atoms with Gasteiger partial charge in [-0.2, -0.15) is 0 Å². The summed E-state index contributed by atoms with van der Waals surface area (Å²) >= 11 is 0. The Morgan fingerprint density at radius 2 is 1.76 bits per heavy atom. The number of ether oxygens (including phenoxy) is 2. The lowest BCUT2D eigenvalue weighted by atomic mass is 10.2. The van der Waals surface area contributed by atoms with Gasteiger partial charge in [0.2, 0.25) is 15.9 Å². The number of hydrogen-bond donors (Lipinski definition) is 2. The molecule has 0 aliphatic carbocycles. The Labute approximate surface area is 170 Å². The van der Waals surface area contributed by atoms with E-state index in [9.17, 15) is 18.0 Å². The van der Waals surface area contributed by atoms with E-state index >= 15 is 0 Å². The van der Waals surface area contributed by atoms with Crippen molar-refractivity contribution >= 4 is 27.6 Å². The van der Waals surface area contributed by atoms with Crippen LogP contribution in [-0.4, -0.2) is 40.1 Å². The van der Waals surface area contributed by atoms with Crippen molar-refractivity contribution in [1.82, 2.24) is 4.72 Å². The van der Waals surface area contributed by atoms with E-state index in [0.717, 1.165) is 5.56 Å². The number of rotatable bonds is 10.